The second-order valence-electron chi connectivity index (χ2n) is 15.2. The molecule has 0 aromatic carbocycles. The molecule has 0 bridgehead atoms. The van der Waals surface area contributed by atoms with Crippen molar-refractivity contribution in [1.82, 2.24) is 16.0 Å². The maximum atomic E-state index is 9.88. The lowest BCUT2D eigenvalue weighted by atomic mass is 9.84. The molecule has 0 aliphatic heterocycles. The molecular weight excluding hydrogens is 698 g/mol. The van der Waals surface area contributed by atoms with E-state index in [1.807, 2.05) is 13.8 Å². The fraction of sp³-hybridized carbons (Fsp3) is 1.00. The number of aliphatic hydroxyl groups is 5. The Labute approximate surface area is 328 Å². The first-order valence-corrected chi connectivity index (χ1v) is 20.9. The lowest BCUT2D eigenvalue weighted by Gasteiger charge is -2.35. The largest absolute Gasteiger partial charge is 0.396 e. The summed E-state index contributed by atoms with van der Waals surface area (Å²) in [5.74, 6) is 0. The van der Waals surface area contributed by atoms with Crippen molar-refractivity contribution < 1.29 is 54.0 Å². The Kier molecular flexibility index (Phi) is 34.1. The van der Waals surface area contributed by atoms with Gasteiger partial charge in [-0.25, -0.2) is 0 Å². The van der Waals surface area contributed by atoms with Crippen LogP contribution in [0.3, 0.4) is 0 Å². The fourth-order valence-electron chi connectivity index (χ4n) is 5.70. The van der Waals surface area contributed by atoms with Crippen LogP contribution < -0.4 is 16.0 Å². The predicted molar refractivity (Wildman–Crippen MR) is 214 cm³/mol. The Balaban J connectivity index is 5.37. The van der Waals surface area contributed by atoms with Crippen LogP contribution in [0.25, 0.3) is 0 Å². The Hall–Kier alpha value is -0.560. The Morgan fingerprint density at radius 3 is 0.981 bits per heavy atom. The van der Waals surface area contributed by atoms with E-state index in [-0.39, 0.29) is 43.9 Å². The molecule has 0 aliphatic carbocycles. The molecule has 0 saturated heterocycles. The second kappa shape index (κ2) is 34.5. The molecular formula is C40H85N3O11. The molecule has 14 heteroatoms. The highest BCUT2D eigenvalue weighted by molar-refractivity contribution is 4.87. The molecule has 0 unspecified atom stereocenters. The van der Waals surface area contributed by atoms with E-state index in [1.165, 1.54) is 0 Å². The zero-order valence-electron chi connectivity index (χ0n) is 35.1. The lowest BCUT2D eigenvalue weighted by molar-refractivity contribution is -0.0306. The monoisotopic (exact) mass is 784 g/mol. The summed E-state index contributed by atoms with van der Waals surface area (Å²) in [6, 6.07) is 0. The molecule has 0 atom stereocenters. The minimum Gasteiger partial charge on any atom is -0.396 e. The molecule has 0 radical (unpaired) electrons. The average Bonchev–Trinajstić information content (AvgIpc) is 3.21. The van der Waals surface area contributed by atoms with Crippen LogP contribution in [0.2, 0.25) is 0 Å². The van der Waals surface area contributed by atoms with Gasteiger partial charge in [0.1, 0.15) is 0 Å². The molecule has 14 nitrogen and oxygen atoms in total. The predicted octanol–water partition coefficient (Wildman–Crippen LogP) is 1.98. The van der Waals surface area contributed by atoms with Crippen LogP contribution in [0, 0.1) is 21.7 Å². The molecule has 326 valence electrons. The molecule has 54 heavy (non-hydrogen) atoms. The minimum absolute atomic E-state index is 0.109. The SMILES string of the molecule is CCCOCCOCCOCC(CNCCCOCC(CC)(CC)CO)(CNCCCOCC(CC)(CO)CO)CNCCCOCC(CC)(CO)CO. The van der Waals surface area contributed by atoms with E-state index in [0.717, 1.165) is 64.8 Å². The molecule has 0 heterocycles. The van der Waals surface area contributed by atoms with Gasteiger partial charge in [-0.1, -0.05) is 34.6 Å². The van der Waals surface area contributed by atoms with E-state index in [0.29, 0.717) is 105 Å². The smallest absolute Gasteiger partial charge is 0.0701 e. The number of nitrogens with one attached hydrogen (secondary N) is 3. The highest BCUT2D eigenvalue weighted by Crippen LogP contribution is 2.26. The first-order valence-electron chi connectivity index (χ1n) is 20.9. The highest BCUT2D eigenvalue weighted by Gasteiger charge is 2.31. The van der Waals surface area contributed by atoms with Crippen LogP contribution in [-0.4, -0.2) is 177 Å². The van der Waals surface area contributed by atoms with Gasteiger partial charge in [-0.05, 0) is 71.0 Å². The third kappa shape index (κ3) is 23.6. The summed E-state index contributed by atoms with van der Waals surface area (Å²) >= 11 is 0. The summed E-state index contributed by atoms with van der Waals surface area (Å²) in [4.78, 5) is 0. The quantitative estimate of drug-likeness (QED) is 0.0419. The normalized spacial score (nSPS) is 13.0. The number of hydrogen-bond acceptors (Lipinski definition) is 14. The van der Waals surface area contributed by atoms with Gasteiger partial charge in [-0.3, -0.25) is 0 Å². The summed E-state index contributed by atoms with van der Waals surface area (Å²) < 4.78 is 35.2. The molecule has 0 rings (SSSR count). The zero-order chi connectivity index (χ0) is 40.3. The highest BCUT2D eigenvalue weighted by atomic mass is 16.5. The van der Waals surface area contributed by atoms with Crippen molar-refractivity contribution in [3.63, 3.8) is 0 Å². The van der Waals surface area contributed by atoms with Gasteiger partial charge in [0.05, 0.1) is 85.9 Å². The summed E-state index contributed by atoms with van der Waals surface area (Å²) in [5.41, 5.74) is -1.68. The van der Waals surface area contributed by atoms with Crippen molar-refractivity contribution in [2.75, 3.05) is 152 Å². The third-order valence-electron chi connectivity index (χ3n) is 10.8. The van der Waals surface area contributed by atoms with Crippen molar-refractivity contribution >= 4 is 0 Å². The summed E-state index contributed by atoms with van der Waals surface area (Å²) in [6.07, 6.45) is 6.43. The number of aliphatic hydroxyl groups excluding tert-OH is 5. The van der Waals surface area contributed by atoms with Gasteiger partial charge < -0.3 is 69.9 Å². The molecule has 0 aromatic heterocycles. The maximum Gasteiger partial charge on any atom is 0.0701 e. The maximum absolute atomic E-state index is 9.88. The average molecular weight is 784 g/mol. The van der Waals surface area contributed by atoms with E-state index in [4.69, 9.17) is 28.4 Å². The summed E-state index contributed by atoms with van der Waals surface area (Å²) in [6.45, 7) is 20.3. The first kappa shape index (κ1) is 53.4. The van der Waals surface area contributed by atoms with Gasteiger partial charge in [0.25, 0.3) is 0 Å². The topological polar surface area (TPSA) is 193 Å². The Morgan fingerprint density at radius 2 is 0.648 bits per heavy atom. The van der Waals surface area contributed by atoms with Crippen LogP contribution >= 0.6 is 0 Å². The van der Waals surface area contributed by atoms with Crippen LogP contribution in [0.15, 0.2) is 0 Å². The Bertz CT molecular complexity index is 695. The fourth-order valence-corrected chi connectivity index (χ4v) is 5.70. The third-order valence-corrected chi connectivity index (χ3v) is 10.8. The van der Waals surface area contributed by atoms with Gasteiger partial charge >= 0.3 is 0 Å². The molecule has 0 saturated carbocycles. The van der Waals surface area contributed by atoms with Crippen LogP contribution in [0.5, 0.6) is 0 Å². The summed E-state index contributed by atoms with van der Waals surface area (Å²) in [5, 5.41) is 59.7. The molecule has 8 N–H and O–H groups in total. The molecule has 0 aliphatic rings. The Morgan fingerprint density at radius 1 is 0.352 bits per heavy atom. The van der Waals surface area contributed by atoms with Crippen LogP contribution in [0.1, 0.15) is 86.0 Å². The van der Waals surface area contributed by atoms with E-state index in [2.05, 4.69) is 36.7 Å². The van der Waals surface area contributed by atoms with Crippen molar-refractivity contribution in [2.45, 2.75) is 86.0 Å². The zero-order valence-corrected chi connectivity index (χ0v) is 35.1. The molecule has 0 spiro atoms. The minimum atomic E-state index is -0.607. The first-order chi connectivity index (χ1) is 26.2. The van der Waals surface area contributed by atoms with E-state index in [9.17, 15) is 25.5 Å². The van der Waals surface area contributed by atoms with Crippen molar-refractivity contribution in [2.24, 2.45) is 21.7 Å². The standard InChI is InChI=1S/C40H85N3O11/c1-6-17-49-21-22-50-23-24-54-36-40(25-41-14-11-18-51-33-37(7-2,8-3)28-44,26-42-15-12-19-52-34-38(9-4,29-45)30-46)27-43-16-13-20-53-35-39(10-5,31-47)32-48/h41-48H,6-36H2,1-5H3. The van der Waals surface area contributed by atoms with Crippen molar-refractivity contribution in [3.8, 4) is 0 Å². The van der Waals surface area contributed by atoms with Gasteiger partial charge in [-0.15, -0.1) is 0 Å². The summed E-state index contributed by atoms with van der Waals surface area (Å²) in [7, 11) is 0. The van der Waals surface area contributed by atoms with E-state index in [1.54, 1.807) is 0 Å². The van der Waals surface area contributed by atoms with Crippen molar-refractivity contribution in [1.29, 1.82) is 0 Å². The molecule has 0 aromatic rings. The van der Waals surface area contributed by atoms with Gasteiger partial charge in [0, 0.05) is 67.7 Å². The van der Waals surface area contributed by atoms with Crippen LogP contribution in [-0.2, 0) is 28.4 Å². The number of hydrogen-bond donors (Lipinski definition) is 8. The lowest BCUT2D eigenvalue weighted by Crippen LogP contribution is -2.52. The van der Waals surface area contributed by atoms with E-state index >= 15 is 0 Å². The van der Waals surface area contributed by atoms with Gasteiger partial charge in [0.2, 0.25) is 0 Å². The van der Waals surface area contributed by atoms with E-state index < -0.39 is 10.8 Å². The molecule has 0 fully saturated rings. The van der Waals surface area contributed by atoms with Crippen LogP contribution in [0.4, 0.5) is 0 Å². The van der Waals surface area contributed by atoms with Gasteiger partial charge in [-0.2, -0.15) is 0 Å². The number of rotatable bonds is 43. The second-order valence-corrected chi connectivity index (χ2v) is 15.2. The van der Waals surface area contributed by atoms with Crippen molar-refractivity contribution in [3.05, 3.63) is 0 Å². The molecule has 0 amide bonds. The number of ether oxygens (including phenoxy) is 6. The van der Waals surface area contributed by atoms with Gasteiger partial charge in [0.15, 0.2) is 0 Å².